The molecule has 112 valence electrons. The zero-order chi connectivity index (χ0) is 15.4. The molecule has 2 rings (SSSR count). The molecule has 21 heavy (non-hydrogen) atoms. The summed E-state index contributed by atoms with van der Waals surface area (Å²) in [5.41, 5.74) is 2.62. The van der Waals surface area contributed by atoms with E-state index in [1.54, 1.807) is 6.92 Å². The third kappa shape index (κ3) is 3.51. The number of hydrogen-bond acceptors (Lipinski definition) is 2. The lowest BCUT2D eigenvalue weighted by atomic mass is 10.1. The van der Waals surface area contributed by atoms with Crippen molar-refractivity contribution in [1.82, 2.24) is 9.88 Å². The molecule has 0 aliphatic heterocycles. The van der Waals surface area contributed by atoms with Crippen molar-refractivity contribution in [1.29, 1.82) is 0 Å². The SMILES string of the molecule is CCN(CC)C(=O)CCc1ccc2[nH]c(=O)c(C)cc2c1. The highest BCUT2D eigenvalue weighted by molar-refractivity contribution is 5.80. The lowest BCUT2D eigenvalue weighted by Gasteiger charge is -2.18. The average molecular weight is 286 g/mol. The van der Waals surface area contributed by atoms with Crippen molar-refractivity contribution in [2.24, 2.45) is 0 Å². The molecule has 1 aromatic heterocycles. The van der Waals surface area contributed by atoms with Gasteiger partial charge in [0.1, 0.15) is 0 Å². The van der Waals surface area contributed by atoms with E-state index >= 15 is 0 Å². The summed E-state index contributed by atoms with van der Waals surface area (Å²) in [5, 5.41) is 1.01. The number of amides is 1. The van der Waals surface area contributed by atoms with Gasteiger partial charge in [-0.25, -0.2) is 0 Å². The van der Waals surface area contributed by atoms with Crippen LogP contribution in [-0.2, 0) is 11.2 Å². The standard InChI is InChI=1S/C17H22N2O2/c1-4-19(5-2)16(20)9-7-13-6-8-15-14(11-13)10-12(3)17(21)18-15/h6,8,10-11H,4-5,7,9H2,1-3H3,(H,18,21). The van der Waals surface area contributed by atoms with Gasteiger partial charge in [-0.3, -0.25) is 9.59 Å². The molecular weight excluding hydrogens is 264 g/mol. The Balaban J connectivity index is 2.14. The van der Waals surface area contributed by atoms with E-state index in [1.165, 1.54) is 0 Å². The lowest BCUT2D eigenvalue weighted by Crippen LogP contribution is -2.30. The van der Waals surface area contributed by atoms with Crippen LogP contribution < -0.4 is 5.56 Å². The number of nitrogens with one attached hydrogen (secondary N) is 1. The first-order valence-electron chi connectivity index (χ1n) is 7.45. The van der Waals surface area contributed by atoms with Crippen LogP contribution in [0.25, 0.3) is 10.9 Å². The minimum atomic E-state index is -0.0491. The number of benzene rings is 1. The number of carbonyl (C=O) groups is 1. The van der Waals surface area contributed by atoms with Crippen molar-refractivity contribution < 1.29 is 4.79 Å². The second kappa shape index (κ2) is 6.57. The fourth-order valence-electron chi connectivity index (χ4n) is 2.51. The van der Waals surface area contributed by atoms with Gasteiger partial charge < -0.3 is 9.88 Å². The van der Waals surface area contributed by atoms with Gasteiger partial charge in [-0.1, -0.05) is 6.07 Å². The Morgan fingerprint density at radius 3 is 2.57 bits per heavy atom. The minimum absolute atomic E-state index is 0.0491. The minimum Gasteiger partial charge on any atom is -0.343 e. The average Bonchev–Trinajstić information content (AvgIpc) is 2.47. The zero-order valence-electron chi connectivity index (χ0n) is 12.9. The normalized spacial score (nSPS) is 10.8. The second-order valence-corrected chi connectivity index (χ2v) is 5.27. The Bertz CT molecular complexity index is 699. The number of aromatic nitrogens is 1. The van der Waals surface area contributed by atoms with Gasteiger partial charge >= 0.3 is 0 Å². The molecule has 0 radical (unpaired) electrons. The zero-order valence-corrected chi connectivity index (χ0v) is 12.9. The van der Waals surface area contributed by atoms with Crippen LogP contribution in [0.5, 0.6) is 0 Å². The van der Waals surface area contributed by atoms with Gasteiger partial charge in [0.05, 0.1) is 0 Å². The van der Waals surface area contributed by atoms with E-state index in [2.05, 4.69) is 4.98 Å². The maximum Gasteiger partial charge on any atom is 0.251 e. The number of aromatic amines is 1. The predicted molar refractivity (Wildman–Crippen MR) is 85.6 cm³/mol. The summed E-state index contributed by atoms with van der Waals surface area (Å²) in [6.45, 7) is 7.31. The largest absolute Gasteiger partial charge is 0.343 e. The summed E-state index contributed by atoms with van der Waals surface area (Å²) in [5.74, 6) is 0.192. The van der Waals surface area contributed by atoms with E-state index in [0.717, 1.165) is 36.0 Å². The number of fused-ring (bicyclic) bond motifs is 1. The molecule has 0 fully saturated rings. The van der Waals surface area contributed by atoms with Crippen molar-refractivity contribution in [3.05, 3.63) is 45.7 Å². The Morgan fingerprint density at radius 1 is 1.19 bits per heavy atom. The van der Waals surface area contributed by atoms with E-state index in [9.17, 15) is 9.59 Å². The molecule has 0 saturated carbocycles. The van der Waals surface area contributed by atoms with Crippen molar-refractivity contribution >= 4 is 16.8 Å². The monoisotopic (exact) mass is 286 g/mol. The van der Waals surface area contributed by atoms with Crippen molar-refractivity contribution in [3.8, 4) is 0 Å². The molecule has 4 nitrogen and oxygen atoms in total. The summed E-state index contributed by atoms with van der Waals surface area (Å²) in [6, 6.07) is 7.83. The van der Waals surface area contributed by atoms with Crippen LogP contribution in [0.3, 0.4) is 0 Å². The number of aryl methyl sites for hydroxylation is 2. The molecule has 2 aromatic rings. The highest BCUT2D eigenvalue weighted by Crippen LogP contribution is 2.15. The van der Waals surface area contributed by atoms with E-state index < -0.39 is 0 Å². The first kappa shape index (κ1) is 15.3. The van der Waals surface area contributed by atoms with Crippen LogP contribution >= 0.6 is 0 Å². The van der Waals surface area contributed by atoms with Gasteiger partial charge in [-0.2, -0.15) is 0 Å². The smallest absolute Gasteiger partial charge is 0.251 e. The van der Waals surface area contributed by atoms with Gasteiger partial charge in [-0.05, 0) is 56.3 Å². The Hall–Kier alpha value is -2.10. The van der Waals surface area contributed by atoms with Crippen molar-refractivity contribution in [2.45, 2.75) is 33.6 Å². The van der Waals surface area contributed by atoms with Gasteiger partial charge in [-0.15, -0.1) is 0 Å². The number of carbonyl (C=O) groups excluding carboxylic acids is 1. The number of pyridine rings is 1. The Morgan fingerprint density at radius 2 is 1.90 bits per heavy atom. The third-order valence-corrected chi connectivity index (χ3v) is 3.84. The topological polar surface area (TPSA) is 53.2 Å². The molecule has 1 heterocycles. The Kier molecular flexibility index (Phi) is 4.78. The molecule has 0 aliphatic carbocycles. The quantitative estimate of drug-likeness (QED) is 0.918. The van der Waals surface area contributed by atoms with E-state index in [1.807, 2.05) is 43.0 Å². The molecule has 0 spiro atoms. The summed E-state index contributed by atoms with van der Waals surface area (Å²) < 4.78 is 0. The molecular formula is C17H22N2O2. The molecule has 0 unspecified atom stereocenters. The molecule has 4 heteroatoms. The number of rotatable bonds is 5. The highest BCUT2D eigenvalue weighted by atomic mass is 16.2. The Labute approximate surface area is 124 Å². The van der Waals surface area contributed by atoms with Crippen LogP contribution in [0.1, 0.15) is 31.4 Å². The fourth-order valence-corrected chi connectivity index (χ4v) is 2.51. The van der Waals surface area contributed by atoms with Crippen LogP contribution in [0.15, 0.2) is 29.1 Å². The van der Waals surface area contributed by atoms with Crippen LogP contribution in [0.4, 0.5) is 0 Å². The molecule has 0 atom stereocenters. The molecule has 1 N–H and O–H groups in total. The fraction of sp³-hybridized carbons (Fsp3) is 0.412. The number of H-pyrrole nitrogens is 1. The van der Waals surface area contributed by atoms with Crippen molar-refractivity contribution in [3.63, 3.8) is 0 Å². The van der Waals surface area contributed by atoms with E-state index in [-0.39, 0.29) is 11.5 Å². The number of hydrogen-bond donors (Lipinski definition) is 1. The molecule has 1 amide bonds. The van der Waals surface area contributed by atoms with Gasteiger partial charge in [0.15, 0.2) is 0 Å². The lowest BCUT2D eigenvalue weighted by molar-refractivity contribution is -0.130. The van der Waals surface area contributed by atoms with Crippen LogP contribution in [0, 0.1) is 6.92 Å². The summed E-state index contributed by atoms with van der Waals surface area (Å²) in [6.07, 6.45) is 1.25. The van der Waals surface area contributed by atoms with Crippen LogP contribution in [-0.4, -0.2) is 28.9 Å². The summed E-state index contributed by atoms with van der Waals surface area (Å²) in [7, 11) is 0. The second-order valence-electron chi connectivity index (χ2n) is 5.27. The molecule has 0 aliphatic rings. The first-order valence-corrected chi connectivity index (χ1v) is 7.45. The summed E-state index contributed by atoms with van der Waals surface area (Å²) in [4.78, 5) is 28.3. The maximum absolute atomic E-state index is 12.0. The summed E-state index contributed by atoms with van der Waals surface area (Å²) >= 11 is 0. The maximum atomic E-state index is 12.0. The molecule has 0 saturated heterocycles. The van der Waals surface area contributed by atoms with Gasteiger partial charge in [0, 0.05) is 30.6 Å². The highest BCUT2D eigenvalue weighted by Gasteiger charge is 2.09. The predicted octanol–water partition coefficient (Wildman–Crippen LogP) is 2.64. The van der Waals surface area contributed by atoms with Crippen LogP contribution in [0.2, 0.25) is 0 Å². The number of nitrogens with zero attached hydrogens (tertiary/aromatic N) is 1. The van der Waals surface area contributed by atoms with E-state index in [0.29, 0.717) is 12.0 Å². The van der Waals surface area contributed by atoms with E-state index in [4.69, 9.17) is 0 Å². The molecule has 0 bridgehead atoms. The van der Waals surface area contributed by atoms with Crippen molar-refractivity contribution in [2.75, 3.05) is 13.1 Å². The first-order chi connectivity index (χ1) is 10.0. The molecule has 1 aromatic carbocycles. The third-order valence-electron chi connectivity index (χ3n) is 3.84. The van der Waals surface area contributed by atoms with Gasteiger partial charge in [0.25, 0.3) is 5.56 Å². The van der Waals surface area contributed by atoms with Gasteiger partial charge in [0.2, 0.25) is 5.91 Å².